The highest BCUT2D eigenvalue weighted by Gasteiger charge is 2.13. The third-order valence-electron chi connectivity index (χ3n) is 4.26. The lowest BCUT2D eigenvalue weighted by molar-refractivity contribution is 0.0844. The van der Waals surface area contributed by atoms with Gasteiger partial charge >= 0.3 is 0 Å². The quantitative estimate of drug-likeness (QED) is 0.460. The Balaban J connectivity index is 1.88. The summed E-state index contributed by atoms with van der Waals surface area (Å²) in [4.78, 5) is 24.7. The number of para-hydroxylation sites is 1. The molecule has 0 unspecified atom stereocenters. The van der Waals surface area contributed by atoms with Crippen LogP contribution < -0.4 is 20.3 Å². The summed E-state index contributed by atoms with van der Waals surface area (Å²) in [7, 11) is 0. The minimum absolute atomic E-state index is 0.373. The van der Waals surface area contributed by atoms with E-state index in [-0.39, 0.29) is 0 Å². The molecule has 0 fully saturated rings. The van der Waals surface area contributed by atoms with E-state index in [2.05, 4.69) is 31.6 Å². The molecule has 2 N–H and O–H groups in total. The standard InChI is InChI=1S/C23H30N2O4/c1-4-5-15-29-21-9-7-6-8-20(21)23(27)25-24-22(26)18-10-12-19(13-11-18)28-16-14-17(2)3/h6-13,17H,4-5,14-16H2,1-3H3,(H,24,26)(H,25,27). The Labute approximate surface area is 172 Å². The van der Waals surface area contributed by atoms with Gasteiger partial charge in [0.15, 0.2) is 0 Å². The summed E-state index contributed by atoms with van der Waals surface area (Å²) in [5.74, 6) is 0.946. The highest BCUT2D eigenvalue weighted by atomic mass is 16.5. The molecule has 0 aliphatic heterocycles. The van der Waals surface area contributed by atoms with Crippen molar-refractivity contribution in [1.82, 2.24) is 10.9 Å². The van der Waals surface area contributed by atoms with E-state index in [4.69, 9.17) is 9.47 Å². The topological polar surface area (TPSA) is 76.7 Å². The van der Waals surface area contributed by atoms with E-state index >= 15 is 0 Å². The first kappa shape index (κ1) is 22.3. The smallest absolute Gasteiger partial charge is 0.273 e. The lowest BCUT2D eigenvalue weighted by atomic mass is 10.1. The molecule has 0 radical (unpaired) electrons. The molecule has 0 heterocycles. The molecule has 6 heteroatoms. The molecule has 29 heavy (non-hydrogen) atoms. The fraction of sp³-hybridized carbons (Fsp3) is 0.391. The number of unbranched alkanes of at least 4 members (excludes halogenated alkanes) is 1. The summed E-state index contributed by atoms with van der Waals surface area (Å²) >= 11 is 0. The van der Waals surface area contributed by atoms with Gasteiger partial charge < -0.3 is 9.47 Å². The van der Waals surface area contributed by atoms with Crippen molar-refractivity contribution in [3.05, 3.63) is 59.7 Å². The zero-order valence-electron chi connectivity index (χ0n) is 17.4. The molecule has 2 aromatic rings. The zero-order valence-corrected chi connectivity index (χ0v) is 17.4. The monoisotopic (exact) mass is 398 g/mol. The number of hydrogen-bond donors (Lipinski definition) is 2. The molecule has 6 nitrogen and oxygen atoms in total. The van der Waals surface area contributed by atoms with Gasteiger partial charge in [0.05, 0.1) is 18.8 Å². The van der Waals surface area contributed by atoms with Crippen molar-refractivity contribution < 1.29 is 19.1 Å². The number of nitrogens with one attached hydrogen (secondary N) is 2. The molecule has 0 saturated carbocycles. The summed E-state index contributed by atoms with van der Waals surface area (Å²) in [5, 5.41) is 0. The maximum atomic E-state index is 12.4. The van der Waals surface area contributed by atoms with Crippen molar-refractivity contribution >= 4 is 11.8 Å². The SMILES string of the molecule is CCCCOc1ccccc1C(=O)NNC(=O)c1ccc(OCCC(C)C)cc1. The van der Waals surface area contributed by atoms with Crippen molar-refractivity contribution in [2.45, 2.75) is 40.0 Å². The van der Waals surface area contributed by atoms with Crippen LogP contribution in [0.25, 0.3) is 0 Å². The molecule has 0 bridgehead atoms. The average Bonchev–Trinajstić information content (AvgIpc) is 2.72. The lowest BCUT2D eigenvalue weighted by Crippen LogP contribution is -2.41. The molecule has 0 atom stereocenters. The summed E-state index contributed by atoms with van der Waals surface area (Å²) in [6, 6.07) is 13.8. The highest BCUT2D eigenvalue weighted by molar-refractivity contribution is 6.00. The number of carbonyl (C=O) groups excluding carboxylic acids is 2. The average molecular weight is 399 g/mol. The van der Waals surface area contributed by atoms with E-state index in [1.54, 1.807) is 48.5 Å². The Morgan fingerprint density at radius 2 is 1.59 bits per heavy atom. The van der Waals surface area contributed by atoms with Gasteiger partial charge in [-0.25, -0.2) is 0 Å². The second kappa shape index (κ2) is 11.7. The number of hydrazine groups is 1. The predicted octanol–water partition coefficient (Wildman–Crippen LogP) is 4.37. The number of amides is 2. The van der Waals surface area contributed by atoms with Crippen LogP contribution in [-0.2, 0) is 0 Å². The van der Waals surface area contributed by atoms with Crippen LogP contribution in [-0.4, -0.2) is 25.0 Å². The van der Waals surface area contributed by atoms with Crippen LogP contribution in [0.5, 0.6) is 11.5 Å². The number of carbonyl (C=O) groups is 2. The Morgan fingerprint density at radius 1 is 0.897 bits per heavy atom. The third kappa shape index (κ3) is 7.49. The molecular formula is C23H30N2O4. The molecule has 2 aromatic carbocycles. The molecule has 0 aliphatic carbocycles. The van der Waals surface area contributed by atoms with E-state index in [1.165, 1.54) is 0 Å². The molecule has 2 amide bonds. The molecule has 0 spiro atoms. The second-order valence-electron chi connectivity index (χ2n) is 7.16. The summed E-state index contributed by atoms with van der Waals surface area (Å²) in [6.07, 6.45) is 2.88. The Kier molecular flexibility index (Phi) is 9.02. The van der Waals surface area contributed by atoms with Crippen molar-refractivity contribution in [3.63, 3.8) is 0 Å². The van der Waals surface area contributed by atoms with Crippen molar-refractivity contribution in [2.24, 2.45) is 5.92 Å². The molecular weight excluding hydrogens is 368 g/mol. The Morgan fingerprint density at radius 3 is 2.28 bits per heavy atom. The number of ether oxygens (including phenoxy) is 2. The van der Waals surface area contributed by atoms with Crippen molar-refractivity contribution in [2.75, 3.05) is 13.2 Å². The van der Waals surface area contributed by atoms with Crippen LogP contribution in [0.2, 0.25) is 0 Å². The van der Waals surface area contributed by atoms with E-state index < -0.39 is 11.8 Å². The van der Waals surface area contributed by atoms with Gasteiger partial charge in [0.1, 0.15) is 11.5 Å². The Bertz CT molecular complexity index is 788. The van der Waals surface area contributed by atoms with E-state index in [0.717, 1.165) is 19.3 Å². The zero-order chi connectivity index (χ0) is 21.1. The summed E-state index contributed by atoms with van der Waals surface area (Å²) in [6.45, 7) is 7.53. The van der Waals surface area contributed by atoms with Crippen LogP contribution >= 0.6 is 0 Å². The predicted molar refractivity (Wildman–Crippen MR) is 113 cm³/mol. The van der Waals surface area contributed by atoms with Crippen molar-refractivity contribution in [1.29, 1.82) is 0 Å². The first-order valence-corrected chi connectivity index (χ1v) is 10.1. The first-order chi connectivity index (χ1) is 14.0. The van der Waals surface area contributed by atoms with Crippen LogP contribution in [0.3, 0.4) is 0 Å². The number of benzene rings is 2. The summed E-state index contributed by atoms with van der Waals surface area (Å²) in [5.41, 5.74) is 5.67. The maximum absolute atomic E-state index is 12.4. The third-order valence-corrected chi connectivity index (χ3v) is 4.26. The van der Waals surface area contributed by atoms with Gasteiger partial charge in [-0.2, -0.15) is 0 Å². The van der Waals surface area contributed by atoms with Gasteiger partial charge in [-0.05, 0) is 55.2 Å². The van der Waals surface area contributed by atoms with Crippen LogP contribution in [0.15, 0.2) is 48.5 Å². The van der Waals surface area contributed by atoms with Gasteiger partial charge in [0, 0.05) is 5.56 Å². The number of hydrogen-bond acceptors (Lipinski definition) is 4. The van der Waals surface area contributed by atoms with Gasteiger partial charge in [0.2, 0.25) is 0 Å². The van der Waals surface area contributed by atoms with E-state index in [1.807, 2.05) is 0 Å². The van der Waals surface area contributed by atoms with E-state index in [0.29, 0.717) is 41.8 Å². The van der Waals surface area contributed by atoms with Crippen LogP contribution in [0.1, 0.15) is 60.7 Å². The second-order valence-corrected chi connectivity index (χ2v) is 7.16. The Hall–Kier alpha value is -3.02. The van der Waals surface area contributed by atoms with Gasteiger partial charge in [-0.3, -0.25) is 20.4 Å². The number of rotatable bonds is 10. The minimum atomic E-state index is -0.431. The van der Waals surface area contributed by atoms with Crippen LogP contribution in [0.4, 0.5) is 0 Å². The fourth-order valence-electron chi connectivity index (χ4n) is 2.47. The fourth-order valence-corrected chi connectivity index (χ4v) is 2.47. The van der Waals surface area contributed by atoms with Crippen molar-refractivity contribution in [3.8, 4) is 11.5 Å². The van der Waals surface area contributed by atoms with Gasteiger partial charge in [-0.15, -0.1) is 0 Å². The maximum Gasteiger partial charge on any atom is 0.273 e. The first-order valence-electron chi connectivity index (χ1n) is 10.1. The van der Waals surface area contributed by atoms with E-state index in [9.17, 15) is 9.59 Å². The normalized spacial score (nSPS) is 10.5. The van der Waals surface area contributed by atoms with Gasteiger partial charge in [-0.1, -0.05) is 39.3 Å². The highest BCUT2D eigenvalue weighted by Crippen LogP contribution is 2.18. The molecule has 156 valence electrons. The van der Waals surface area contributed by atoms with Crippen LogP contribution in [0, 0.1) is 5.92 Å². The minimum Gasteiger partial charge on any atom is -0.494 e. The molecule has 0 aromatic heterocycles. The summed E-state index contributed by atoms with van der Waals surface area (Å²) < 4.78 is 11.3. The van der Waals surface area contributed by atoms with Gasteiger partial charge in [0.25, 0.3) is 11.8 Å². The lowest BCUT2D eigenvalue weighted by Gasteiger charge is -2.12. The largest absolute Gasteiger partial charge is 0.494 e. The molecule has 2 rings (SSSR count). The molecule has 0 aliphatic rings. The molecule has 0 saturated heterocycles.